The van der Waals surface area contributed by atoms with Crippen LogP contribution < -0.4 is 5.32 Å². The minimum Gasteiger partial charge on any atom is -0.309 e. The molecule has 0 aliphatic heterocycles. The van der Waals surface area contributed by atoms with E-state index < -0.39 is 0 Å². The van der Waals surface area contributed by atoms with Crippen LogP contribution in [-0.4, -0.2) is 12.6 Å². The van der Waals surface area contributed by atoms with Crippen molar-refractivity contribution in [3.05, 3.63) is 11.6 Å². The molecule has 4 aliphatic rings. The molecule has 4 rings (SSSR count). The second-order valence-electron chi connectivity index (χ2n) is 6.69. The highest BCUT2D eigenvalue weighted by Gasteiger charge is 2.49. The second kappa shape index (κ2) is 4.59. The van der Waals surface area contributed by atoms with Crippen LogP contribution in [0.1, 0.15) is 39.0 Å². The van der Waals surface area contributed by atoms with E-state index in [2.05, 4.69) is 18.8 Å². The molecule has 1 unspecified atom stereocenters. The lowest BCUT2D eigenvalue weighted by Crippen LogP contribution is -2.52. The maximum Gasteiger partial charge on any atom is 0.0310 e. The Morgan fingerprint density at radius 2 is 1.71 bits per heavy atom. The summed E-state index contributed by atoms with van der Waals surface area (Å²) in [5.41, 5.74) is 0. The van der Waals surface area contributed by atoms with Gasteiger partial charge in [-0.25, -0.2) is 0 Å². The largest absolute Gasteiger partial charge is 0.309 e. The lowest BCUT2D eigenvalue weighted by atomic mass is 9.50. The van der Waals surface area contributed by atoms with Crippen LogP contribution in [-0.2, 0) is 0 Å². The molecule has 4 fully saturated rings. The van der Waals surface area contributed by atoms with Crippen molar-refractivity contribution >= 4 is 11.6 Å². The molecule has 0 spiro atoms. The van der Waals surface area contributed by atoms with Crippen molar-refractivity contribution in [3.63, 3.8) is 0 Å². The Bertz CT molecular complexity index is 284. The molecule has 1 N–H and O–H groups in total. The van der Waals surface area contributed by atoms with Gasteiger partial charge in [0, 0.05) is 17.6 Å². The Morgan fingerprint density at radius 1 is 1.18 bits per heavy atom. The van der Waals surface area contributed by atoms with Crippen LogP contribution in [0.25, 0.3) is 0 Å². The summed E-state index contributed by atoms with van der Waals surface area (Å²) in [5, 5.41) is 4.32. The van der Waals surface area contributed by atoms with E-state index in [1.54, 1.807) is 6.42 Å². The molecule has 0 aromatic rings. The van der Waals surface area contributed by atoms with Crippen molar-refractivity contribution in [2.24, 2.45) is 29.6 Å². The van der Waals surface area contributed by atoms with Crippen LogP contribution in [0.4, 0.5) is 0 Å². The Hall–Kier alpha value is -0.0100. The SMILES string of the molecule is C=C(Cl)CNC(C)C1C2CC3CC(C2)CC1C3. The van der Waals surface area contributed by atoms with E-state index in [1.165, 1.54) is 25.7 Å². The van der Waals surface area contributed by atoms with Gasteiger partial charge in [0.15, 0.2) is 0 Å². The van der Waals surface area contributed by atoms with Gasteiger partial charge in [-0.2, -0.15) is 0 Å². The zero-order chi connectivity index (χ0) is 12.0. The average molecular weight is 254 g/mol. The maximum absolute atomic E-state index is 5.85. The number of hydrogen-bond donors (Lipinski definition) is 1. The quantitative estimate of drug-likeness (QED) is 0.804. The molecule has 0 heterocycles. The third-order valence-electron chi connectivity index (χ3n) is 5.49. The molecule has 1 nitrogen and oxygen atoms in total. The standard InChI is InChI=1S/C15H24ClN/c1-9(16)8-17-10(2)15-13-4-11-3-12(6-13)7-14(15)5-11/h10-15,17H,1,3-8H2,2H3. The van der Waals surface area contributed by atoms with Gasteiger partial charge in [0.05, 0.1) is 0 Å². The van der Waals surface area contributed by atoms with Gasteiger partial charge in [-0.1, -0.05) is 18.2 Å². The van der Waals surface area contributed by atoms with Gasteiger partial charge in [0.1, 0.15) is 0 Å². The summed E-state index contributed by atoms with van der Waals surface area (Å²) in [7, 11) is 0. The smallest absolute Gasteiger partial charge is 0.0310 e. The summed E-state index contributed by atoms with van der Waals surface area (Å²) in [6.45, 7) is 6.89. The normalized spacial score (nSPS) is 44.9. The predicted octanol–water partition coefficient (Wildman–Crippen LogP) is 3.79. The average Bonchev–Trinajstić information content (AvgIpc) is 2.24. The fourth-order valence-electron chi connectivity index (χ4n) is 5.19. The van der Waals surface area contributed by atoms with Crippen molar-refractivity contribution in [3.8, 4) is 0 Å². The topological polar surface area (TPSA) is 12.0 Å². The zero-order valence-electron chi connectivity index (χ0n) is 10.8. The molecule has 0 amide bonds. The molecule has 0 aromatic heterocycles. The van der Waals surface area contributed by atoms with E-state index in [9.17, 15) is 0 Å². The Kier molecular flexibility index (Phi) is 3.25. The highest BCUT2D eigenvalue weighted by Crippen LogP contribution is 2.57. The fourth-order valence-corrected chi connectivity index (χ4v) is 5.27. The summed E-state index contributed by atoms with van der Waals surface area (Å²) in [6.07, 6.45) is 7.56. The second-order valence-corrected chi connectivity index (χ2v) is 7.23. The zero-order valence-corrected chi connectivity index (χ0v) is 11.5. The van der Waals surface area contributed by atoms with Crippen molar-refractivity contribution in [1.82, 2.24) is 5.32 Å². The van der Waals surface area contributed by atoms with Gasteiger partial charge in [0.2, 0.25) is 0 Å². The van der Waals surface area contributed by atoms with Gasteiger partial charge in [-0.3, -0.25) is 0 Å². The van der Waals surface area contributed by atoms with E-state index in [0.717, 1.165) is 41.2 Å². The summed E-state index contributed by atoms with van der Waals surface area (Å²) >= 11 is 5.85. The molecule has 1 atom stereocenters. The molecule has 4 saturated carbocycles. The van der Waals surface area contributed by atoms with Crippen LogP contribution in [0.3, 0.4) is 0 Å². The first-order valence-electron chi connectivity index (χ1n) is 7.20. The summed E-state index contributed by atoms with van der Waals surface area (Å²) in [5.74, 6) is 5.04. The molecular weight excluding hydrogens is 230 g/mol. The van der Waals surface area contributed by atoms with E-state index in [4.69, 9.17) is 11.6 Å². The molecule has 0 radical (unpaired) electrons. The van der Waals surface area contributed by atoms with Crippen LogP contribution in [0, 0.1) is 29.6 Å². The van der Waals surface area contributed by atoms with E-state index in [-0.39, 0.29) is 0 Å². The minimum atomic E-state index is 0.612. The molecular formula is C15H24ClN. The molecule has 96 valence electrons. The molecule has 17 heavy (non-hydrogen) atoms. The fraction of sp³-hybridized carbons (Fsp3) is 0.867. The van der Waals surface area contributed by atoms with Gasteiger partial charge in [0.25, 0.3) is 0 Å². The highest BCUT2D eigenvalue weighted by molar-refractivity contribution is 6.29. The summed E-state index contributed by atoms with van der Waals surface area (Å²) < 4.78 is 0. The first-order valence-corrected chi connectivity index (χ1v) is 7.58. The van der Waals surface area contributed by atoms with Gasteiger partial charge < -0.3 is 5.32 Å². The molecule has 2 heteroatoms. The molecule has 0 saturated heterocycles. The third kappa shape index (κ3) is 2.29. The van der Waals surface area contributed by atoms with Crippen LogP contribution in [0.5, 0.6) is 0 Å². The molecule has 0 aromatic carbocycles. The van der Waals surface area contributed by atoms with Gasteiger partial charge in [-0.15, -0.1) is 0 Å². The van der Waals surface area contributed by atoms with Crippen molar-refractivity contribution < 1.29 is 0 Å². The van der Waals surface area contributed by atoms with E-state index in [1.807, 2.05) is 0 Å². The van der Waals surface area contributed by atoms with E-state index >= 15 is 0 Å². The van der Waals surface area contributed by atoms with Gasteiger partial charge >= 0.3 is 0 Å². The first kappa shape index (κ1) is 12.0. The predicted molar refractivity (Wildman–Crippen MR) is 73.0 cm³/mol. The Labute approximate surface area is 110 Å². The number of nitrogens with one attached hydrogen (secondary N) is 1. The number of hydrogen-bond acceptors (Lipinski definition) is 1. The Morgan fingerprint density at radius 3 is 2.18 bits per heavy atom. The molecule has 4 bridgehead atoms. The minimum absolute atomic E-state index is 0.612. The van der Waals surface area contributed by atoms with Crippen LogP contribution >= 0.6 is 11.6 Å². The van der Waals surface area contributed by atoms with Crippen LogP contribution in [0.2, 0.25) is 0 Å². The van der Waals surface area contributed by atoms with Crippen LogP contribution in [0.15, 0.2) is 11.6 Å². The van der Waals surface area contributed by atoms with Crippen molar-refractivity contribution in [2.45, 2.75) is 45.1 Å². The Balaban J connectivity index is 1.65. The molecule has 4 aliphatic carbocycles. The van der Waals surface area contributed by atoms with E-state index in [0.29, 0.717) is 6.04 Å². The lowest BCUT2D eigenvalue weighted by molar-refractivity contribution is -0.0488. The summed E-state index contributed by atoms with van der Waals surface area (Å²) in [4.78, 5) is 0. The highest BCUT2D eigenvalue weighted by atomic mass is 35.5. The van der Waals surface area contributed by atoms with Gasteiger partial charge in [-0.05, 0) is 68.6 Å². The maximum atomic E-state index is 5.85. The van der Waals surface area contributed by atoms with Crippen molar-refractivity contribution in [2.75, 3.05) is 6.54 Å². The summed E-state index contributed by atoms with van der Waals surface area (Å²) in [6, 6.07) is 0.612. The monoisotopic (exact) mass is 253 g/mol. The third-order valence-corrected chi connectivity index (χ3v) is 5.63. The number of halogens is 1. The first-order chi connectivity index (χ1) is 8.13. The lowest BCUT2D eigenvalue weighted by Gasteiger charge is -2.56. The number of rotatable bonds is 4. The van der Waals surface area contributed by atoms with Crippen molar-refractivity contribution in [1.29, 1.82) is 0 Å².